The molecule has 4 nitrogen and oxygen atoms in total. The third kappa shape index (κ3) is 10.8. The summed E-state index contributed by atoms with van der Waals surface area (Å²) in [5.41, 5.74) is -0.949. The van der Waals surface area contributed by atoms with Gasteiger partial charge in [-0.25, -0.2) is 4.79 Å². The molecule has 0 radical (unpaired) electrons. The van der Waals surface area contributed by atoms with Gasteiger partial charge < -0.3 is 10.2 Å². The first-order chi connectivity index (χ1) is 11.9. The summed E-state index contributed by atoms with van der Waals surface area (Å²) < 4.78 is 0. The van der Waals surface area contributed by atoms with Gasteiger partial charge in [-0.15, -0.1) is 0 Å². The van der Waals surface area contributed by atoms with Crippen molar-refractivity contribution in [2.75, 3.05) is 0 Å². The molecule has 0 fully saturated rings. The van der Waals surface area contributed by atoms with Crippen LogP contribution in [0.15, 0.2) is 23.8 Å². The molecular formula is C21H36O4. The highest BCUT2D eigenvalue weighted by Gasteiger charge is 2.34. The van der Waals surface area contributed by atoms with Gasteiger partial charge in [-0.05, 0) is 13.3 Å². The smallest absolute Gasteiger partial charge is 0.331 e. The van der Waals surface area contributed by atoms with Gasteiger partial charge in [0, 0.05) is 5.57 Å². The van der Waals surface area contributed by atoms with Crippen molar-refractivity contribution in [3.8, 4) is 0 Å². The van der Waals surface area contributed by atoms with Gasteiger partial charge in [0.05, 0.1) is 5.41 Å². The number of hydrogen-bond acceptors (Lipinski definition) is 2. The number of carbonyl (C=O) groups is 2. The molecule has 0 saturated heterocycles. The van der Waals surface area contributed by atoms with E-state index in [4.69, 9.17) is 10.2 Å². The lowest BCUT2D eigenvalue weighted by atomic mass is 9.80. The summed E-state index contributed by atoms with van der Waals surface area (Å²) in [4.78, 5) is 21.3. The van der Waals surface area contributed by atoms with Gasteiger partial charge in [-0.2, -0.15) is 0 Å². The van der Waals surface area contributed by atoms with Crippen LogP contribution in [0.2, 0.25) is 0 Å². The molecule has 0 aromatic carbocycles. The fraction of sp³-hybridized carbons (Fsp3) is 0.714. The fourth-order valence-corrected chi connectivity index (χ4v) is 2.74. The molecule has 4 heteroatoms. The minimum Gasteiger partial charge on any atom is -0.481 e. The summed E-state index contributed by atoms with van der Waals surface area (Å²) in [6.07, 6.45) is 18.9. The predicted octanol–water partition coefficient (Wildman–Crippen LogP) is 5.98. The molecule has 0 bridgehead atoms. The van der Waals surface area contributed by atoms with E-state index in [0.717, 1.165) is 0 Å². The van der Waals surface area contributed by atoms with Crippen LogP contribution in [0.25, 0.3) is 0 Å². The fourth-order valence-electron chi connectivity index (χ4n) is 2.74. The molecule has 0 aliphatic heterocycles. The van der Waals surface area contributed by atoms with Crippen LogP contribution in [0.3, 0.4) is 0 Å². The molecule has 1 unspecified atom stereocenters. The van der Waals surface area contributed by atoms with Gasteiger partial charge in [0.25, 0.3) is 0 Å². The van der Waals surface area contributed by atoms with Crippen LogP contribution < -0.4 is 0 Å². The number of hydrogen-bond donors (Lipinski definition) is 2. The van der Waals surface area contributed by atoms with Gasteiger partial charge in [0.2, 0.25) is 0 Å². The minimum absolute atomic E-state index is 0.0359. The van der Waals surface area contributed by atoms with Gasteiger partial charge in [-0.3, -0.25) is 4.79 Å². The number of rotatable bonds is 11. The van der Waals surface area contributed by atoms with Crippen molar-refractivity contribution in [1.29, 1.82) is 0 Å². The van der Waals surface area contributed by atoms with E-state index >= 15 is 0 Å². The molecule has 0 amide bonds. The second-order valence-electron chi connectivity index (χ2n) is 7.08. The number of carboxylic acid groups (broad SMARTS) is 2. The Kier molecular flexibility index (Phi) is 12.8. The van der Waals surface area contributed by atoms with Gasteiger partial charge in [0.15, 0.2) is 0 Å². The molecule has 1 aliphatic carbocycles. The molecule has 0 saturated carbocycles. The van der Waals surface area contributed by atoms with Crippen LogP contribution in [0, 0.1) is 5.41 Å². The maximum Gasteiger partial charge on any atom is 0.331 e. The summed E-state index contributed by atoms with van der Waals surface area (Å²) in [7, 11) is 0. The van der Waals surface area contributed by atoms with E-state index in [0.29, 0.717) is 0 Å². The molecule has 1 atom stereocenters. The molecule has 0 heterocycles. The number of carboxylic acids is 2. The molecule has 1 rings (SSSR count). The summed E-state index contributed by atoms with van der Waals surface area (Å²) in [5.74, 6) is -2.06. The average molecular weight is 353 g/mol. The van der Waals surface area contributed by atoms with Crippen LogP contribution in [0.5, 0.6) is 0 Å². The number of aliphatic carboxylic acids is 2. The zero-order valence-electron chi connectivity index (χ0n) is 16.2. The van der Waals surface area contributed by atoms with Gasteiger partial charge >= 0.3 is 11.9 Å². The number of allylic oxidation sites excluding steroid dienone is 2. The Balaban J connectivity index is 0.000000463. The Labute approximate surface area is 153 Å². The van der Waals surface area contributed by atoms with Crippen molar-refractivity contribution >= 4 is 11.9 Å². The minimum atomic E-state index is -1.08. The molecule has 1 aliphatic rings. The van der Waals surface area contributed by atoms with Gasteiger partial charge in [0.1, 0.15) is 0 Å². The van der Waals surface area contributed by atoms with Crippen LogP contribution >= 0.6 is 0 Å². The summed E-state index contributed by atoms with van der Waals surface area (Å²) in [5, 5.41) is 17.5. The first-order valence-corrected chi connectivity index (χ1v) is 9.72. The monoisotopic (exact) mass is 352 g/mol. The topological polar surface area (TPSA) is 74.6 Å². The lowest BCUT2D eigenvalue weighted by Crippen LogP contribution is -2.28. The predicted molar refractivity (Wildman–Crippen MR) is 103 cm³/mol. The highest BCUT2D eigenvalue weighted by Crippen LogP contribution is 2.31. The summed E-state index contributed by atoms with van der Waals surface area (Å²) >= 11 is 0. The Hall–Kier alpha value is -1.58. The van der Waals surface area contributed by atoms with E-state index in [9.17, 15) is 9.59 Å². The SMILES string of the molecule is CC1(C(=O)O)C=CC=C(C(=O)O)C1.CCCCCCCCCCCC. The second kappa shape index (κ2) is 13.7. The normalized spacial score (nSPS) is 18.9. The highest BCUT2D eigenvalue weighted by molar-refractivity contribution is 5.90. The lowest BCUT2D eigenvalue weighted by molar-refractivity contribution is -0.145. The van der Waals surface area contributed by atoms with Crippen LogP contribution in [-0.2, 0) is 9.59 Å². The van der Waals surface area contributed by atoms with Crippen LogP contribution in [0.1, 0.15) is 91.4 Å². The quantitative estimate of drug-likeness (QED) is 0.449. The van der Waals surface area contributed by atoms with E-state index in [1.165, 1.54) is 89.4 Å². The third-order valence-electron chi connectivity index (χ3n) is 4.54. The summed E-state index contributed by atoms with van der Waals surface area (Å²) in [6, 6.07) is 0. The van der Waals surface area contributed by atoms with Crippen molar-refractivity contribution in [3.63, 3.8) is 0 Å². The van der Waals surface area contributed by atoms with E-state index < -0.39 is 17.4 Å². The molecule has 2 N–H and O–H groups in total. The van der Waals surface area contributed by atoms with E-state index in [1.54, 1.807) is 0 Å². The maximum absolute atomic E-state index is 10.8. The van der Waals surface area contributed by atoms with Crippen LogP contribution in [0.4, 0.5) is 0 Å². The van der Waals surface area contributed by atoms with E-state index in [-0.39, 0.29) is 12.0 Å². The Bertz CT molecular complexity index is 441. The number of unbranched alkanes of at least 4 members (excludes halogenated alkanes) is 9. The Morgan fingerprint density at radius 3 is 1.72 bits per heavy atom. The molecular weight excluding hydrogens is 316 g/mol. The van der Waals surface area contributed by atoms with E-state index in [1.807, 2.05) is 0 Å². The molecule has 0 aromatic rings. The van der Waals surface area contributed by atoms with Crippen molar-refractivity contribution < 1.29 is 19.8 Å². The molecule has 25 heavy (non-hydrogen) atoms. The van der Waals surface area contributed by atoms with E-state index in [2.05, 4.69) is 13.8 Å². The first-order valence-electron chi connectivity index (χ1n) is 9.72. The third-order valence-corrected chi connectivity index (χ3v) is 4.54. The molecule has 0 spiro atoms. The van der Waals surface area contributed by atoms with Crippen molar-refractivity contribution in [3.05, 3.63) is 23.8 Å². The van der Waals surface area contributed by atoms with Crippen molar-refractivity contribution in [2.45, 2.75) is 91.4 Å². The largest absolute Gasteiger partial charge is 0.481 e. The standard InChI is InChI=1S/C12H26.C9H10O4/c1-3-5-7-9-11-12-10-8-6-4-2;1-9(8(12)13)4-2-3-6(5-9)7(10)11/h3-12H2,1-2H3;2-4H,5H2,1H3,(H,10,11)(H,12,13). The highest BCUT2D eigenvalue weighted by atomic mass is 16.4. The lowest BCUT2D eigenvalue weighted by Gasteiger charge is -2.23. The maximum atomic E-state index is 10.8. The van der Waals surface area contributed by atoms with Gasteiger partial charge in [-0.1, -0.05) is 96.3 Å². The first kappa shape index (κ1) is 23.4. The molecule has 0 aromatic heterocycles. The van der Waals surface area contributed by atoms with Crippen molar-refractivity contribution in [1.82, 2.24) is 0 Å². The van der Waals surface area contributed by atoms with Crippen LogP contribution in [-0.4, -0.2) is 22.2 Å². The average Bonchev–Trinajstić information content (AvgIpc) is 2.58. The summed E-state index contributed by atoms with van der Waals surface area (Å²) in [6.45, 7) is 6.06. The zero-order valence-corrected chi connectivity index (χ0v) is 16.2. The Morgan fingerprint density at radius 2 is 1.36 bits per heavy atom. The second-order valence-corrected chi connectivity index (χ2v) is 7.08. The zero-order chi connectivity index (χ0) is 19.1. The van der Waals surface area contributed by atoms with Crippen molar-refractivity contribution in [2.24, 2.45) is 5.41 Å². The Morgan fingerprint density at radius 1 is 0.920 bits per heavy atom. The molecule has 144 valence electrons.